The van der Waals surface area contributed by atoms with Gasteiger partial charge in [-0.05, 0) is 53.3 Å². The molecule has 0 fully saturated rings. The van der Waals surface area contributed by atoms with Gasteiger partial charge in [-0.15, -0.1) is 11.3 Å². The van der Waals surface area contributed by atoms with E-state index in [9.17, 15) is 9.18 Å². The van der Waals surface area contributed by atoms with Crippen molar-refractivity contribution in [1.82, 2.24) is 0 Å². The summed E-state index contributed by atoms with van der Waals surface area (Å²) >= 11 is 1.81. The molecule has 26 heavy (non-hydrogen) atoms. The number of carbonyl (C=O) groups is 1. The van der Waals surface area contributed by atoms with Crippen LogP contribution in [-0.4, -0.2) is 12.5 Å². The highest BCUT2D eigenvalue weighted by Crippen LogP contribution is 2.32. The molecule has 3 nitrogen and oxygen atoms in total. The van der Waals surface area contributed by atoms with E-state index < -0.39 is 0 Å². The average molecular weight is 366 g/mol. The number of thiophene rings is 1. The van der Waals surface area contributed by atoms with Gasteiger partial charge in [0.15, 0.2) is 0 Å². The van der Waals surface area contributed by atoms with Crippen molar-refractivity contribution in [1.29, 1.82) is 0 Å². The molecule has 0 spiro atoms. The molecular weight excluding hydrogens is 347 g/mol. The molecule has 0 saturated heterocycles. The minimum Gasteiger partial charge on any atom is -0.365 e. The van der Waals surface area contributed by atoms with E-state index >= 15 is 0 Å². The number of nitrogens with zero attached hydrogens (tertiary/aromatic N) is 1. The first-order valence-corrected chi connectivity index (χ1v) is 9.50. The Morgan fingerprint density at radius 3 is 2.92 bits per heavy atom. The van der Waals surface area contributed by atoms with E-state index in [0.717, 1.165) is 30.9 Å². The van der Waals surface area contributed by atoms with Gasteiger partial charge in [-0.2, -0.15) is 0 Å². The number of amides is 1. The van der Waals surface area contributed by atoms with E-state index in [4.69, 9.17) is 0 Å². The summed E-state index contributed by atoms with van der Waals surface area (Å²) in [6.07, 6.45) is 1.18. The summed E-state index contributed by atoms with van der Waals surface area (Å²) in [5.74, 6) is -0.466. The van der Waals surface area contributed by atoms with Crippen LogP contribution in [0.1, 0.15) is 16.0 Å². The maximum absolute atomic E-state index is 13.3. The van der Waals surface area contributed by atoms with E-state index in [1.165, 1.54) is 22.6 Å². The van der Waals surface area contributed by atoms with Crippen molar-refractivity contribution in [2.75, 3.05) is 16.8 Å². The summed E-state index contributed by atoms with van der Waals surface area (Å²) in [5, 5.41) is 5.13. The molecule has 3 aromatic rings. The Morgan fingerprint density at radius 2 is 2.04 bits per heavy atom. The lowest BCUT2D eigenvalue weighted by atomic mass is 10.1. The van der Waals surface area contributed by atoms with Gasteiger partial charge in [0.25, 0.3) is 0 Å². The van der Waals surface area contributed by atoms with Gasteiger partial charge in [0.2, 0.25) is 5.91 Å². The zero-order valence-electron chi connectivity index (χ0n) is 14.2. The predicted octanol–water partition coefficient (Wildman–Crippen LogP) is 4.63. The third kappa shape index (κ3) is 3.63. The van der Waals surface area contributed by atoms with Crippen LogP contribution in [0.3, 0.4) is 0 Å². The Labute approximate surface area is 156 Å². The summed E-state index contributed by atoms with van der Waals surface area (Å²) < 4.78 is 13.3. The van der Waals surface area contributed by atoms with Crippen molar-refractivity contribution in [3.8, 4) is 0 Å². The molecule has 1 aromatic heterocycles. The second kappa shape index (κ2) is 7.30. The van der Waals surface area contributed by atoms with Crippen LogP contribution in [0.4, 0.5) is 15.8 Å². The minimum atomic E-state index is -0.324. The number of fused-ring (bicyclic) bond motifs is 1. The fourth-order valence-electron chi connectivity index (χ4n) is 3.34. The molecular formula is C21H19FN2OS. The summed E-state index contributed by atoms with van der Waals surface area (Å²) in [7, 11) is 0. The SMILES string of the molecule is O=C(Cc1cccc(F)c1)Nc1ccccc1N1CCc2sccc2C1. The van der Waals surface area contributed by atoms with Crippen LogP contribution in [0, 0.1) is 5.82 Å². The van der Waals surface area contributed by atoms with E-state index in [1.54, 1.807) is 12.1 Å². The van der Waals surface area contributed by atoms with Gasteiger partial charge >= 0.3 is 0 Å². The molecule has 0 aliphatic carbocycles. The van der Waals surface area contributed by atoms with Gasteiger partial charge in [-0.3, -0.25) is 4.79 Å². The topological polar surface area (TPSA) is 32.3 Å². The van der Waals surface area contributed by atoms with Gasteiger partial charge in [-0.25, -0.2) is 4.39 Å². The number of anilines is 2. The zero-order chi connectivity index (χ0) is 17.9. The van der Waals surface area contributed by atoms with E-state index in [0.29, 0.717) is 5.56 Å². The Kier molecular flexibility index (Phi) is 4.71. The molecule has 1 aliphatic rings. The number of nitrogens with one attached hydrogen (secondary N) is 1. The van der Waals surface area contributed by atoms with Crippen LogP contribution in [-0.2, 0) is 24.2 Å². The Bertz CT molecular complexity index is 937. The van der Waals surface area contributed by atoms with Crippen molar-refractivity contribution < 1.29 is 9.18 Å². The van der Waals surface area contributed by atoms with Crippen molar-refractivity contribution >= 4 is 28.6 Å². The van der Waals surface area contributed by atoms with Crippen molar-refractivity contribution in [2.45, 2.75) is 19.4 Å². The summed E-state index contributed by atoms with van der Waals surface area (Å²) in [6.45, 7) is 1.79. The first kappa shape index (κ1) is 16.8. The average Bonchev–Trinajstić information content (AvgIpc) is 3.10. The number of halogens is 1. The molecule has 5 heteroatoms. The van der Waals surface area contributed by atoms with Crippen molar-refractivity contribution in [3.63, 3.8) is 0 Å². The van der Waals surface area contributed by atoms with Gasteiger partial charge in [0, 0.05) is 18.0 Å². The monoisotopic (exact) mass is 366 g/mol. The molecule has 0 radical (unpaired) electrons. The maximum Gasteiger partial charge on any atom is 0.228 e. The van der Waals surface area contributed by atoms with Crippen molar-refractivity contribution in [2.24, 2.45) is 0 Å². The number of hydrogen-bond acceptors (Lipinski definition) is 3. The van der Waals surface area contributed by atoms with E-state index in [2.05, 4.69) is 21.7 Å². The molecule has 0 saturated carbocycles. The fourth-order valence-corrected chi connectivity index (χ4v) is 4.23. The first-order valence-electron chi connectivity index (χ1n) is 8.62. The maximum atomic E-state index is 13.3. The van der Waals surface area contributed by atoms with Crippen molar-refractivity contribution in [3.05, 3.63) is 81.8 Å². The van der Waals surface area contributed by atoms with Crippen LogP contribution in [0.25, 0.3) is 0 Å². The third-order valence-corrected chi connectivity index (χ3v) is 5.60. The molecule has 1 aliphatic heterocycles. The van der Waals surface area contributed by atoms with Crippen LogP contribution >= 0.6 is 11.3 Å². The highest BCUT2D eigenvalue weighted by molar-refractivity contribution is 7.10. The molecule has 132 valence electrons. The Hall–Kier alpha value is -2.66. The molecule has 0 unspecified atom stereocenters. The molecule has 1 N–H and O–H groups in total. The number of hydrogen-bond donors (Lipinski definition) is 1. The van der Waals surface area contributed by atoms with Crippen LogP contribution in [0.15, 0.2) is 60.0 Å². The second-order valence-electron chi connectivity index (χ2n) is 6.41. The summed E-state index contributed by atoms with van der Waals surface area (Å²) in [5.41, 5.74) is 3.85. The van der Waals surface area contributed by atoms with Crippen LogP contribution in [0.2, 0.25) is 0 Å². The molecule has 2 aromatic carbocycles. The Balaban J connectivity index is 1.50. The lowest BCUT2D eigenvalue weighted by Crippen LogP contribution is -2.30. The highest BCUT2D eigenvalue weighted by Gasteiger charge is 2.20. The first-order chi connectivity index (χ1) is 12.7. The third-order valence-electron chi connectivity index (χ3n) is 4.58. The standard InChI is InChI=1S/C21H19FN2OS/c22-17-5-3-4-15(12-17)13-21(25)23-18-6-1-2-7-19(18)24-10-8-20-16(14-24)9-11-26-20/h1-7,9,11-12H,8,10,13-14H2,(H,23,25). The largest absolute Gasteiger partial charge is 0.365 e. The quantitative estimate of drug-likeness (QED) is 0.730. The summed E-state index contributed by atoms with van der Waals surface area (Å²) in [6, 6.07) is 16.2. The van der Waals surface area contributed by atoms with Gasteiger partial charge in [0.05, 0.1) is 17.8 Å². The number of benzene rings is 2. The molecule has 4 rings (SSSR count). The Morgan fingerprint density at radius 1 is 1.15 bits per heavy atom. The zero-order valence-corrected chi connectivity index (χ0v) is 15.1. The minimum absolute atomic E-state index is 0.142. The van der Waals surface area contributed by atoms with E-state index in [1.807, 2.05) is 35.6 Å². The molecule has 1 amide bonds. The van der Waals surface area contributed by atoms with Crippen LogP contribution < -0.4 is 10.2 Å². The number of rotatable bonds is 4. The molecule has 2 heterocycles. The number of carbonyl (C=O) groups excluding carboxylic acids is 1. The summed E-state index contributed by atoms with van der Waals surface area (Å²) in [4.78, 5) is 16.2. The lowest BCUT2D eigenvalue weighted by Gasteiger charge is -2.30. The highest BCUT2D eigenvalue weighted by atomic mass is 32.1. The molecule has 0 bridgehead atoms. The second-order valence-corrected chi connectivity index (χ2v) is 7.41. The normalized spacial score (nSPS) is 13.3. The fraction of sp³-hybridized carbons (Fsp3) is 0.190. The lowest BCUT2D eigenvalue weighted by molar-refractivity contribution is -0.115. The van der Waals surface area contributed by atoms with Gasteiger partial charge < -0.3 is 10.2 Å². The van der Waals surface area contributed by atoms with Crippen LogP contribution in [0.5, 0.6) is 0 Å². The van der Waals surface area contributed by atoms with Gasteiger partial charge in [-0.1, -0.05) is 24.3 Å². The smallest absolute Gasteiger partial charge is 0.228 e. The predicted molar refractivity (Wildman–Crippen MR) is 104 cm³/mol. The van der Waals surface area contributed by atoms with Gasteiger partial charge in [0.1, 0.15) is 5.82 Å². The number of para-hydroxylation sites is 2. The molecule has 0 atom stereocenters. The van der Waals surface area contributed by atoms with E-state index in [-0.39, 0.29) is 18.1 Å².